The highest BCUT2D eigenvalue weighted by Gasteiger charge is 2.34. The zero-order valence-corrected chi connectivity index (χ0v) is 7.76. The van der Waals surface area contributed by atoms with Crippen LogP contribution in [0, 0.1) is 0 Å². The Kier molecular flexibility index (Phi) is 2.45. The molecule has 0 spiro atoms. The Morgan fingerprint density at radius 1 is 1.71 bits per heavy atom. The fourth-order valence-electron chi connectivity index (χ4n) is 1.22. The van der Waals surface area contributed by atoms with Gasteiger partial charge >= 0.3 is 0 Å². The predicted octanol–water partition coefficient (Wildman–Crippen LogP) is -1.12. The molecule has 1 aliphatic rings. The molecule has 0 aromatic carbocycles. The molecule has 0 radical (unpaired) electrons. The van der Waals surface area contributed by atoms with Gasteiger partial charge in [0, 0.05) is 18.5 Å². The Bertz CT molecular complexity index is 310. The molecular formula is C8H13N5O. The molecule has 3 N–H and O–H groups in total. The first-order valence-electron chi connectivity index (χ1n) is 4.63. The van der Waals surface area contributed by atoms with E-state index in [1.54, 1.807) is 11.0 Å². The minimum Gasteiger partial charge on any atom is -0.352 e. The smallest absolute Gasteiger partial charge is 0.222 e. The van der Waals surface area contributed by atoms with Crippen molar-refractivity contribution in [2.45, 2.75) is 31.5 Å². The molecule has 0 saturated heterocycles. The first-order chi connectivity index (χ1) is 6.75. The van der Waals surface area contributed by atoms with Crippen LogP contribution in [0.2, 0.25) is 0 Å². The van der Waals surface area contributed by atoms with Crippen LogP contribution in [0.5, 0.6) is 0 Å². The van der Waals surface area contributed by atoms with Gasteiger partial charge in [0.15, 0.2) is 0 Å². The third kappa shape index (κ3) is 2.29. The molecule has 1 amide bonds. The highest BCUT2D eigenvalue weighted by molar-refractivity contribution is 5.76. The summed E-state index contributed by atoms with van der Waals surface area (Å²) in [5, 5.41) is 6.74. The topological polar surface area (TPSA) is 85.8 Å². The minimum atomic E-state index is 0.0263. The maximum absolute atomic E-state index is 11.3. The number of aromatic nitrogens is 3. The molecule has 14 heavy (non-hydrogen) atoms. The lowest BCUT2D eigenvalue weighted by Crippen LogP contribution is -2.30. The average Bonchev–Trinajstić information content (AvgIpc) is 2.71. The lowest BCUT2D eigenvalue weighted by atomic mass is 10.4. The van der Waals surface area contributed by atoms with Crippen molar-refractivity contribution in [2.24, 2.45) is 5.73 Å². The second-order valence-electron chi connectivity index (χ2n) is 3.48. The third-order valence-corrected chi connectivity index (χ3v) is 2.22. The molecule has 2 atom stereocenters. The Hall–Kier alpha value is -1.43. The van der Waals surface area contributed by atoms with Gasteiger partial charge in [0.1, 0.15) is 12.7 Å². The number of rotatable bonds is 4. The van der Waals surface area contributed by atoms with Crippen molar-refractivity contribution < 1.29 is 4.79 Å². The van der Waals surface area contributed by atoms with E-state index in [1.807, 2.05) is 0 Å². The van der Waals surface area contributed by atoms with E-state index in [0.29, 0.717) is 13.0 Å². The van der Waals surface area contributed by atoms with E-state index in [1.165, 1.54) is 6.33 Å². The summed E-state index contributed by atoms with van der Waals surface area (Å²) in [5.74, 6) is 0.0263. The molecular weight excluding hydrogens is 182 g/mol. The van der Waals surface area contributed by atoms with Gasteiger partial charge in [-0.1, -0.05) is 0 Å². The lowest BCUT2D eigenvalue weighted by Gasteiger charge is -2.02. The van der Waals surface area contributed by atoms with Crippen LogP contribution in [-0.4, -0.2) is 32.8 Å². The van der Waals surface area contributed by atoms with E-state index < -0.39 is 0 Å². The van der Waals surface area contributed by atoms with Gasteiger partial charge < -0.3 is 11.1 Å². The second-order valence-corrected chi connectivity index (χ2v) is 3.48. The fourth-order valence-corrected chi connectivity index (χ4v) is 1.22. The molecule has 1 heterocycles. The quantitative estimate of drug-likeness (QED) is 0.637. The molecule has 1 fully saturated rings. The highest BCUT2D eigenvalue weighted by Crippen LogP contribution is 2.17. The van der Waals surface area contributed by atoms with Gasteiger partial charge in [-0.25, -0.2) is 4.98 Å². The molecule has 1 saturated carbocycles. The van der Waals surface area contributed by atoms with Crippen LogP contribution in [-0.2, 0) is 11.3 Å². The van der Waals surface area contributed by atoms with Crippen LogP contribution in [0.15, 0.2) is 12.7 Å². The molecule has 1 aliphatic carbocycles. The van der Waals surface area contributed by atoms with Gasteiger partial charge in [-0.15, -0.1) is 0 Å². The molecule has 2 rings (SSSR count). The van der Waals surface area contributed by atoms with E-state index in [9.17, 15) is 4.79 Å². The van der Waals surface area contributed by atoms with E-state index in [-0.39, 0.29) is 18.0 Å². The Morgan fingerprint density at radius 3 is 3.07 bits per heavy atom. The number of nitrogens with two attached hydrogens (primary N) is 1. The van der Waals surface area contributed by atoms with Crippen LogP contribution in [0.3, 0.4) is 0 Å². The third-order valence-electron chi connectivity index (χ3n) is 2.22. The zero-order chi connectivity index (χ0) is 9.97. The lowest BCUT2D eigenvalue weighted by molar-refractivity contribution is -0.121. The van der Waals surface area contributed by atoms with Gasteiger partial charge in [0.2, 0.25) is 5.91 Å². The van der Waals surface area contributed by atoms with Crippen molar-refractivity contribution in [3.63, 3.8) is 0 Å². The number of carbonyl (C=O) groups is 1. The zero-order valence-electron chi connectivity index (χ0n) is 7.76. The maximum atomic E-state index is 11.3. The number of nitrogens with one attached hydrogen (secondary N) is 1. The van der Waals surface area contributed by atoms with E-state index in [2.05, 4.69) is 15.4 Å². The Labute approximate surface area is 81.5 Å². The van der Waals surface area contributed by atoms with Crippen molar-refractivity contribution in [3.8, 4) is 0 Å². The van der Waals surface area contributed by atoms with Gasteiger partial charge in [-0.05, 0) is 6.42 Å². The number of nitrogens with zero attached hydrogens (tertiary/aromatic N) is 3. The standard InChI is InChI=1S/C8H13N5O/c9-6-3-7(6)12-8(14)1-2-13-5-10-4-11-13/h4-7H,1-3,9H2,(H,12,14). The van der Waals surface area contributed by atoms with E-state index in [4.69, 9.17) is 5.73 Å². The second kappa shape index (κ2) is 3.75. The summed E-state index contributed by atoms with van der Waals surface area (Å²) in [6.07, 6.45) is 4.37. The Balaban J connectivity index is 1.68. The monoisotopic (exact) mass is 195 g/mol. The highest BCUT2D eigenvalue weighted by atomic mass is 16.1. The van der Waals surface area contributed by atoms with E-state index in [0.717, 1.165) is 6.42 Å². The number of amides is 1. The fraction of sp³-hybridized carbons (Fsp3) is 0.625. The van der Waals surface area contributed by atoms with E-state index >= 15 is 0 Å². The molecule has 0 aliphatic heterocycles. The van der Waals surface area contributed by atoms with Crippen molar-refractivity contribution >= 4 is 5.91 Å². The van der Waals surface area contributed by atoms with Gasteiger partial charge in [0.25, 0.3) is 0 Å². The Morgan fingerprint density at radius 2 is 2.50 bits per heavy atom. The average molecular weight is 195 g/mol. The summed E-state index contributed by atoms with van der Waals surface area (Å²) in [6, 6.07) is 0.351. The predicted molar refractivity (Wildman–Crippen MR) is 49.2 cm³/mol. The van der Waals surface area contributed by atoms with Crippen LogP contribution >= 0.6 is 0 Å². The molecule has 1 aromatic rings. The summed E-state index contributed by atoms with van der Waals surface area (Å²) >= 11 is 0. The summed E-state index contributed by atoms with van der Waals surface area (Å²) < 4.78 is 1.63. The summed E-state index contributed by atoms with van der Waals surface area (Å²) in [7, 11) is 0. The maximum Gasteiger partial charge on any atom is 0.222 e. The van der Waals surface area contributed by atoms with Gasteiger partial charge in [0.05, 0.1) is 6.54 Å². The summed E-state index contributed by atoms with van der Waals surface area (Å²) in [4.78, 5) is 15.1. The van der Waals surface area contributed by atoms with Crippen molar-refractivity contribution in [2.75, 3.05) is 0 Å². The number of aryl methyl sites for hydroxylation is 1. The minimum absolute atomic E-state index is 0.0263. The SMILES string of the molecule is NC1CC1NC(=O)CCn1cncn1. The van der Waals surface area contributed by atoms with Crippen LogP contribution in [0.1, 0.15) is 12.8 Å². The largest absolute Gasteiger partial charge is 0.352 e. The number of carbonyl (C=O) groups excluding carboxylic acids is 1. The van der Waals surface area contributed by atoms with Crippen molar-refractivity contribution in [3.05, 3.63) is 12.7 Å². The molecule has 6 nitrogen and oxygen atoms in total. The molecule has 2 unspecified atom stereocenters. The van der Waals surface area contributed by atoms with Crippen molar-refractivity contribution in [1.29, 1.82) is 0 Å². The van der Waals surface area contributed by atoms with Gasteiger partial charge in [-0.2, -0.15) is 5.10 Å². The molecule has 76 valence electrons. The van der Waals surface area contributed by atoms with Crippen LogP contribution < -0.4 is 11.1 Å². The van der Waals surface area contributed by atoms with Crippen LogP contribution in [0.25, 0.3) is 0 Å². The first-order valence-corrected chi connectivity index (χ1v) is 4.63. The molecule has 6 heteroatoms. The normalized spacial score (nSPS) is 24.6. The molecule has 0 bridgehead atoms. The van der Waals surface area contributed by atoms with Crippen molar-refractivity contribution in [1.82, 2.24) is 20.1 Å². The molecule has 1 aromatic heterocycles. The van der Waals surface area contributed by atoms with Crippen LogP contribution in [0.4, 0.5) is 0 Å². The number of hydrogen-bond donors (Lipinski definition) is 2. The summed E-state index contributed by atoms with van der Waals surface area (Å²) in [6.45, 7) is 0.563. The summed E-state index contributed by atoms with van der Waals surface area (Å²) in [5.41, 5.74) is 5.56. The van der Waals surface area contributed by atoms with Gasteiger partial charge in [-0.3, -0.25) is 9.48 Å². The number of hydrogen-bond acceptors (Lipinski definition) is 4. The first kappa shape index (κ1) is 9.14.